The van der Waals surface area contributed by atoms with Crippen LogP contribution in [0.15, 0.2) is 51.8 Å². The van der Waals surface area contributed by atoms with Crippen molar-refractivity contribution in [3.05, 3.63) is 68.0 Å². The Morgan fingerprint density at radius 1 is 1.20 bits per heavy atom. The molecule has 1 aliphatic heterocycles. The zero-order chi connectivity index (χ0) is 21.8. The number of hydrogen-bond acceptors (Lipinski definition) is 7. The molecule has 0 atom stereocenters. The van der Waals surface area contributed by atoms with Crippen LogP contribution in [-0.4, -0.2) is 41.6 Å². The van der Waals surface area contributed by atoms with Gasteiger partial charge in [0, 0.05) is 15.1 Å². The van der Waals surface area contributed by atoms with E-state index in [0.29, 0.717) is 26.8 Å². The molecule has 1 saturated heterocycles. The monoisotopic (exact) mass is 509 g/mol. The van der Waals surface area contributed by atoms with Crippen LogP contribution in [0, 0.1) is 0 Å². The van der Waals surface area contributed by atoms with Crippen molar-refractivity contribution in [1.82, 2.24) is 4.90 Å². The summed E-state index contributed by atoms with van der Waals surface area (Å²) in [5.74, 6) is -1.80. The van der Waals surface area contributed by atoms with E-state index < -0.39 is 29.6 Å². The Kier molecular flexibility index (Phi) is 6.96. The van der Waals surface area contributed by atoms with Crippen LogP contribution in [0.4, 0.5) is 4.79 Å². The number of carbonyl (C=O) groups excluding carboxylic acids is 4. The summed E-state index contributed by atoms with van der Waals surface area (Å²) in [7, 11) is 1.17. The van der Waals surface area contributed by atoms with Gasteiger partial charge in [-0.1, -0.05) is 33.6 Å². The lowest BCUT2D eigenvalue weighted by atomic mass is 10.1. The molecule has 0 aromatic heterocycles. The Morgan fingerprint density at radius 3 is 2.67 bits per heavy atom. The third-order valence-electron chi connectivity index (χ3n) is 3.91. The molecule has 2 aromatic rings. The number of imide groups is 1. The molecule has 0 bridgehead atoms. The van der Waals surface area contributed by atoms with E-state index in [9.17, 15) is 19.2 Å². The topological polar surface area (TPSA) is 90.0 Å². The molecule has 0 N–H and O–H groups in total. The average Bonchev–Trinajstić information content (AvgIpc) is 2.97. The van der Waals surface area contributed by atoms with Crippen molar-refractivity contribution in [2.24, 2.45) is 0 Å². The van der Waals surface area contributed by atoms with Gasteiger partial charge in [-0.05, 0) is 54.2 Å². The van der Waals surface area contributed by atoms with Crippen LogP contribution in [0.2, 0.25) is 5.02 Å². The van der Waals surface area contributed by atoms with Gasteiger partial charge in [0.2, 0.25) is 0 Å². The number of halogens is 2. The maximum atomic E-state index is 12.5. The predicted molar refractivity (Wildman–Crippen MR) is 115 cm³/mol. The molecule has 0 aliphatic carbocycles. The highest BCUT2D eigenvalue weighted by molar-refractivity contribution is 9.10. The quantitative estimate of drug-likeness (QED) is 0.332. The minimum absolute atomic E-state index is 0.0852. The standard InChI is InChI=1S/C20H13BrClNO6S/c1-28-17(24)10-23-18(25)16(30-20(23)27)9-12-7-13(21)5-6-15(12)29-19(26)11-3-2-4-14(22)8-11/h2-9H,10H2,1H3/b16-9-. The number of hydrogen-bond donors (Lipinski definition) is 0. The Hall–Kier alpha value is -2.62. The first-order chi connectivity index (χ1) is 14.3. The smallest absolute Gasteiger partial charge is 0.343 e. The number of thioether (sulfide) groups is 1. The molecule has 2 amide bonds. The number of amides is 2. The van der Waals surface area contributed by atoms with Crippen LogP contribution in [-0.2, 0) is 14.3 Å². The number of esters is 2. The van der Waals surface area contributed by atoms with Gasteiger partial charge in [0.15, 0.2) is 0 Å². The van der Waals surface area contributed by atoms with Gasteiger partial charge in [-0.2, -0.15) is 0 Å². The number of nitrogens with zero attached hydrogens (tertiary/aromatic N) is 1. The molecular formula is C20H13BrClNO6S. The zero-order valence-corrected chi connectivity index (χ0v) is 18.5. The van der Waals surface area contributed by atoms with Crippen molar-refractivity contribution < 1.29 is 28.7 Å². The van der Waals surface area contributed by atoms with E-state index in [4.69, 9.17) is 16.3 Å². The van der Waals surface area contributed by atoms with Crippen LogP contribution in [0.5, 0.6) is 5.75 Å². The summed E-state index contributed by atoms with van der Waals surface area (Å²) in [6, 6.07) is 11.1. The van der Waals surface area contributed by atoms with E-state index in [1.807, 2.05) is 0 Å². The molecule has 0 spiro atoms. The second kappa shape index (κ2) is 9.46. The normalized spacial score (nSPS) is 14.9. The minimum atomic E-state index is -0.711. The predicted octanol–water partition coefficient (Wildman–Crippen LogP) is 4.53. The molecule has 154 valence electrons. The molecule has 0 unspecified atom stereocenters. The molecule has 0 radical (unpaired) electrons. The SMILES string of the molecule is COC(=O)CN1C(=O)S/C(=C\c2cc(Br)ccc2OC(=O)c2cccc(Cl)c2)C1=O. The van der Waals surface area contributed by atoms with Crippen LogP contribution < -0.4 is 4.74 Å². The number of ether oxygens (including phenoxy) is 2. The van der Waals surface area contributed by atoms with Gasteiger partial charge >= 0.3 is 11.9 Å². The summed E-state index contributed by atoms with van der Waals surface area (Å²) in [5.41, 5.74) is 0.651. The molecule has 30 heavy (non-hydrogen) atoms. The van der Waals surface area contributed by atoms with Gasteiger partial charge in [-0.15, -0.1) is 0 Å². The van der Waals surface area contributed by atoms with Crippen LogP contribution >= 0.6 is 39.3 Å². The highest BCUT2D eigenvalue weighted by Gasteiger charge is 2.36. The first-order valence-electron chi connectivity index (χ1n) is 8.38. The summed E-state index contributed by atoms with van der Waals surface area (Å²) < 4.78 is 10.6. The molecule has 1 fully saturated rings. The summed E-state index contributed by atoms with van der Waals surface area (Å²) in [6.45, 7) is -0.479. The third kappa shape index (κ3) is 5.10. The lowest BCUT2D eigenvalue weighted by Gasteiger charge is -2.10. The van der Waals surface area contributed by atoms with E-state index in [0.717, 1.165) is 4.90 Å². The summed E-state index contributed by atoms with van der Waals surface area (Å²) in [4.78, 5) is 49.4. The van der Waals surface area contributed by atoms with E-state index in [1.165, 1.54) is 19.3 Å². The van der Waals surface area contributed by atoms with Crippen LogP contribution in [0.25, 0.3) is 6.08 Å². The fourth-order valence-electron chi connectivity index (χ4n) is 2.47. The van der Waals surface area contributed by atoms with Crippen molar-refractivity contribution in [2.45, 2.75) is 0 Å². The number of benzene rings is 2. The van der Waals surface area contributed by atoms with Crippen molar-refractivity contribution in [1.29, 1.82) is 0 Å². The molecule has 1 heterocycles. The van der Waals surface area contributed by atoms with Crippen molar-refractivity contribution in [3.8, 4) is 5.75 Å². The van der Waals surface area contributed by atoms with Crippen LogP contribution in [0.1, 0.15) is 15.9 Å². The average molecular weight is 511 g/mol. The molecule has 1 aliphatic rings. The van der Waals surface area contributed by atoms with Crippen LogP contribution in [0.3, 0.4) is 0 Å². The number of rotatable bonds is 5. The highest BCUT2D eigenvalue weighted by atomic mass is 79.9. The summed E-state index contributed by atoms with van der Waals surface area (Å²) in [6.07, 6.45) is 1.42. The lowest BCUT2D eigenvalue weighted by Crippen LogP contribution is -2.34. The minimum Gasteiger partial charge on any atom is -0.468 e. The fraction of sp³-hybridized carbons (Fsp3) is 0.100. The van der Waals surface area contributed by atoms with Gasteiger partial charge in [-0.25, -0.2) is 4.79 Å². The van der Waals surface area contributed by atoms with E-state index in [2.05, 4.69) is 20.7 Å². The Bertz CT molecular complexity index is 1090. The van der Waals surface area contributed by atoms with Gasteiger partial charge in [0.25, 0.3) is 11.1 Å². The van der Waals surface area contributed by atoms with E-state index in [1.54, 1.807) is 36.4 Å². The summed E-state index contributed by atoms with van der Waals surface area (Å²) >= 11 is 9.92. The zero-order valence-electron chi connectivity index (χ0n) is 15.4. The molecular weight excluding hydrogens is 498 g/mol. The molecule has 7 nitrogen and oxygen atoms in total. The Labute approximate surface area is 189 Å². The molecule has 3 rings (SSSR count). The maximum absolute atomic E-state index is 12.5. The first-order valence-corrected chi connectivity index (χ1v) is 10.4. The molecule has 2 aromatic carbocycles. The van der Waals surface area contributed by atoms with Crippen molar-refractivity contribution in [3.63, 3.8) is 0 Å². The van der Waals surface area contributed by atoms with Crippen molar-refractivity contribution >= 4 is 68.5 Å². The fourth-order valence-corrected chi connectivity index (χ4v) is 3.87. The van der Waals surface area contributed by atoms with Gasteiger partial charge in [-0.3, -0.25) is 19.3 Å². The number of methoxy groups -OCH3 is 1. The Balaban J connectivity index is 1.89. The van der Waals surface area contributed by atoms with Gasteiger partial charge in [0.05, 0.1) is 17.6 Å². The van der Waals surface area contributed by atoms with Gasteiger partial charge < -0.3 is 9.47 Å². The lowest BCUT2D eigenvalue weighted by molar-refractivity contribution is -0.143. The summed E-state index contributed by atoms with van der Waals surface area (Å²) in [5, 5.41) is -0.205. The largest absolute Gasteiger partial charge is 0.468 e. The van der Waals surface area contributed by atoms with E-state index >= 15 is 0 Å². The second-order valence-electron chi connectivity index (χ2n) is 5.93. The number of carbonyl (C=O) groups is 4. The first kappa shape index (κ1) is 22.1. The Morgan fingerprint density at radius 2 is 1.97 bits per heavy atom. The van der Waals surface area contributed by atoms with Crippen molar-refractivity contribution in [2.75, 3.05) is 13.7 Å². The third-order valence-corrected chi connectivity index (χ3v) is 5.55. The maximum Gasteiger partial charge on any atom is 0.343 e. The second-order valence-corrected chi connectivity index (χ2v) is 8.27. The highest BCUT2D eigenvalue weighted by Crippen LogP contribution is 2.35. The molecule has 0 saturated carbocycles. The van der Waals surface area contributed by atoms with E-state index in [-0.39, 0.29) is 16.2 Å². The molecule has 10 heteroatoms. The van der Waals surface area contributed by atoms with Gasteiger partial charge in [0.1, 0.15) is 12.3 Å².